The molecule has 1 heterocycles. The van der Waals surface area contributed by atoms with Crippen LogP contribution in [-0.2, 0) is 9.53 Å². The number of hydrogen-bond acceptors (Lipinski definition) is 4. The van der Waals surface area contributed by atoms with Crippen molar-refractivity contribution < 1.29 is 14.3 Å². The number of carbonyl (C=O) groups excluding carboxylic acids is 2. The molecule has 1 aliphatic heterocycles. The van der Waals surface area contributed by atoms with Crippen LogP contribution in [0.5, 0.6) is 0 Å². The number of hydrogen-bond donors (Lipinski definition) is 0. The van der Waals surface area contributed by atoms with E-state index < -0.39 is 11.0 Å². The molecule has 0 aromatic heterocycles. The van der Waals surface area contributed by atoms with Gasteiger partial charge in [-0.25, -0.2) is 4.79 Å². The second-order valence-electron chi connectivity index (χ2n) is 6.11. The molecule has 0 unspecified atom stereocenters. The third-order valence-electron chi connectivity index (χ3n) is 3.40. The number of carbonyl (C=O) groups is 2. The molecule has 5 nitrogen and oxygen atoms in total. The smallest absolute Gasteiger partial charge is 0.410 e. The lowest BCUT2D eigenvalue weighted by Crippen LogP contribution is -2.45. The second-order valence-corrected chi connectivity index (χ2v) is 6.11. The number of rotatable bonds is 3. The van der Waals surface area contributed by atoms with E-state index in [-0.39, 0.29) is 6.09 Å². The number of amides is 1. The van der Waals surface area contributed by atoms with E-state index in [2.05, 4.69) is 6.07 Å². The summed E-state index contributed by atoms with van der Waals surface area (Å²) in [5.74, 6) is 0. The summed E-state index contributed by atoms with van der Waals surface area (Å²) in [5.41, 5.74) is -0.939. The Bertz CT molecular complexity index is 371. The SMILES string of the molecule is CC(C)(C)OC(=O)N1CCC(C=O)(CCC#N)CC1. The molecule has 5 heteroatoms. The fraction of sp³-hybridized carbons (Fsp3) is 0.786. The van der Waals surface area contributed by atoms with E-state index in [0.29, 0.717) is 38.8 Å². The molecule has 1 rings (SSSR count). The van der Waals surface area contributed by atoms with Gasteiger partial charge in [0.25, 0.3) is 0 Å². The highest BCUT2D eigenvalue weighted by atomic mass is 16.6. The molecule has 0 atom stereocenters. The minimum absolute atomic E-state index is 0.327. The van der Waals surface area contributed by atoms with Crippen molar-refractivity contribution >= 4 is 12.4 Å². The molecule has 1 fully saturated rings. The normalized spacial score (nSPS) is 18.5. The van der Waals surface area contributed by atoms with Crippen LogP contribution >= 0.6 is 0 Å². The van der Waals surface area contributed by atoms with E-state index in [1.54, 1.807) is 4.90 Å². The van der Waals surface area contributed by atoms with Gasteiger partial charge in [0, 0.05) is 24.9 Å². The summed E-state index contributed by atoms with van der Waals surface area (Å²) in [6.45, 7) is 6.52. The Balaban J connectivity index is 2.54. The van der Waals surface area contributed by atoms with Crippen molar-refractivity contribution in [2.24, 2.45) is 5.41 Å². The highest BCUT2D eigenvalue weighted by Gasteiger charge is 2.36. The topological polar surface area (TPSA) is 70.4 Å². The van der Waals surface area contributed by atoms with Gasteiger partial charge in [0.1, 0.15) is 11.9 Å². The largest absolute Gasteiger partial charge is 0.444 e. The van der Waals surface area contributed by atoms with Crippen molar-refractivity contribution in [2.45, 2.75) is 52.1 Å². The van der Waals surface area contributed by atoms with E-state index >= 15 is 0 Å². The molecule has 0 aliphatic carbocycles. The van der Waals surface area contributed by atoms with Crippen molar-refractivity contribution in [3.05, 3.63) is 0 Å². The molecule has 1 aliphatic rings. The summed E-state index contributed by atoms with van der Waals surface area (Å²) < 4.78 is 5.31. The lowest BCUT2D eigenvalue weighted by molar-refractivity contribution is -0.119. The predicted octanol–water partition coefficient (Wildman–Crippen LogP) is 2.51. The first-order valence-electron chi connectivity index (χ1n) is 6.63. The Morgan fingerprint density at radius 2 is 2.00 bits per heavy atom. The Morgan fingerprint density at radius 3 is 2.42 bits per heavy atom. The Morgan fingerprint density at radius 1 is 1.42 bits per heavy atom. The molecule has 0 radical (unpaired) electrons. The fourth-order valence-electron chi connectivity index (χ4n) is 2.19. The van der Waals surface area contributed by atoms with Crippen LogP contribution < -0.4 is 0 Å². The van der Waals surface area contributed by atoms with E-state index in [4.69, 9.17) is 10.00 Å². The molecule has 0 spiro atoms. The third-order valence-corrected chi connectivity index (χ3v) is 3.40. The van der Waals surface area contributed by atoms with E-state index in [1.165, 1.54) is 0 Å². The van der Waals surface area contributed by atoms with E-state index in [0.717, 1.165) is 6.29 Å². The number of nitriles is 1. The summed E-state index contributed by atoms with van der Waals surface area (Å²) in [7, 11) is 0. The van der Waals surface area contributed by atoms with Gasteiger partial charge in [0.2, 0.25) is 0 Å². The van der Waals surface area contributed by atoms with Crippen molar-refractivity contribution in [3.8, 4) is 6.07 Å². The highest BCUT2D eigenvalue weighted by molar-refractivity contribution is 5.69. The summed E-state index contributed by atoms with van der Waals surface area (Å²) in [6.07, 6.45) is 2.80. The Hall–Kier alpha value is -1.57. The maximum absolute atomic E-state index is 11.9. The van der Waals surface area contributed by atoms with Crippen LogP contribution in [0.3, 0.4) is 0 Å². The molecule has 0 saturated carbocycles. The molecule has 0 N–H and O–H groups in total. The van der Waals surface area contributed by atoms with Crippen LogP contribution in [0.15, 0.2) is 0 Å². The molecule has 0 aromatic carbocycles. The molecule has 0 bridgehead atoms. The van der Waals surface area contributed by atoms with Crippen molar-refractivity contribution in [3.63, 3.8) is 0 Å². The van der Waals surface area contributed by atoms with Crippen LogP contribution in [0, 0.1) is 16.7 Å². The number of aldehydes is 1. The highest BCUT2D eigenvalue weighted by Crippen LogP contribution is 2.34. The second kappa shape index (κ2) is 6.05. The number of likely N-dealkylation sites (tertiary alicyclic amines) is 1. The molecule has 1 saturated heterocycles. The summed E-state index contributed by atoms with van der Waals surface area (Å²) >= 11 is 0. The van der Waals surface area contributed by atoms with Crippen LogP contribution in [0.2, 0.25) is 0 Å². The van der Waals surface area contributed by atoms with Gasteiger partial charge in [-0.3, -0.25) is 0 Å². The zero-order valence-corrected chi connectivity index (χ0v) is 11.9. The van der Waals surface area contributed by atoms with Gasteiger partial charge in [-0.15, -0.1) is 0 Å². The van der Waals surface area contributed by atoms with Gasteiger partial charge in [-0.05, 0) is 40.0 Å². The quantitative estimate of drug-likeness (QED) is 0.736. The summed E-state index contributed by atoms with van der Waals surface area (Å²) in [5, 5.41) is 8.62. The molecular weight excluding hydrogens is 244 g/mol. The van der Waals surface area contributed by atoms with Crippen molar-refractivity contribution in [2.75, 3.05) is 13.1 Å². The molecule has 1 amide bonds. The van der Waals surface area contributed by atoms with Crippen molar-refractivity contribution in [1.82, 2.24) is 4.90 Å². The van der Waals surface area contributed by atoms with Gasteiger partial charge in [-0.2, -0.15) is 5.26 Å². The zero-order chi connectivity index (χ0) is 14.5. The lowest BCUT2D eigenvalue weighted by Gasteiger charge is -2.38. The number of piperidine rings is 1. The van der Waals surface area contributed by atoms with Gasteiger partial charge in [-0.1, -0.05) is 0 Å². The third kappa shape index (κ3) is 4.55. The van der Waals surface area contributed by atoms with E-state index in [9.17, 15) is 9.59 Å². The average molecular weight is 266 g/mol. The van der Waals surface area contributed by atoms with Crippen molar-refractivity contribution in [1.29, 1.82) is 5.26 Å². The molecular formula is C14H22N2O3. The molecule has 0 aromatic rings. The monoisotopic (exact) mass is 266 g/mol. The van der Waals surface area contributed by atoms with Crippen LogP contribution in [0.4, 0.5) is 4.79 Å². The maximum Gasteiger partial charge on any atom is 0.410 e. The minimum Gasteiger partial charge on any atom is -0.444 e. The zero-order valence-electron chi connectivity index (χ0n) is 11.9. The average Bonchev–Trinajstić information content (AvgIpc) is 2.35. The fourth-order valence-corrected chi connectivity index (χ4v) is 2.19. The first-order valence-corrected chi connectivity index (χ1v) is 6.63. The van der Waals surface area contributed by atoms with Crippen LogP contribution in [0.1, 0.15) is 46.5 Å². The Labute approximate surface area is 114 Å². The van der Waals surface area contributed by atoms with Gasteiger partial charge < -0.3 is 14.4 Å². The first kappa shape index (κ1) is 15.5. The summed E-state index contributed by atoms with van der Waals surface area (Å²) in [4.78, 5) is 24.8. The van der Waals surface area contributed by atoms with Gasteiger partial charge in [0.15, 0.2) is 0 Å². The number of ether oxygens (including phenoxy) is 1. The predicted molar refractivity (Wildman–Crippen MR) is 70.4 cm³/mol. The maximum atomic E-state index is 11.9. The molecule has 19 heavy (non-hydrogen) atoms. The summed E-state index contributed by atoms with van der Waals surface area (Å²) in [6, 6.07) is 2.08. The first-order chi connectivity index (χ1) is 8.82. The van der Waals surface area contributed by atoms with Crippen LogP contribution in [-0.4, -0.2) is 36.0 Å². The molecule has 106 valence electrons. The lowest BCUT2D eigenvalue weighted by atomic mass is 9.76. The van der Waals surface area contributed by atoms with Gasteiger partial charge >= 0.3 is 6.09 Å². The van der Waals surface area contributed by atoms with Gasteiger partial charge in [0.05, 0.1) is 6.07 Å². The van der Waals surface area contributed by atoms with Crippen LogP contribution in [0.25, 0.3) is 0 Å². The standard InChI is InChI=1S/C14H22N2O3/c1-13(2,3)19-12(18)16-9-6-14(11-17,7-10-16)5-4-8-15/h11H,4-7,9-10H2,1-3H3. The minimum atomic E-state index is -0.503. The Kier molecular flexibility index (Phi) is 4.93. The van der Waals surface area contributed by atoms with E-state index in [1.807, 2.05) is 20.8 Å². The number of nitrogens with zero attached hydrogens (tertiary/aromatic N) is 2.